The van der Waals surface area contributed by atoms with E-state index in [1.54, 1.807) is 24.3 Å². The normalized spacial score (nSPS) is 12.5. The lowest BCUT2D eigenvalue weighted by molar-refractivity contribution is -0.0327. The fraction of sp³-hybridized carbons (Fsp3) is 0.455. The van der Waals surface area contributed by atoms with Crippen LogP contribution in [0.5, 0.6) is 0 Å². The van der Waals surface area contributed by atoms with Crippen LogP contribution in [0.1, 0.15) is 0 Å². The molecule has 3 N–H and O–H groups in total. The second kappa shape index (κ2) is 8.16. The number of sulfonamides is 1. The Kier molecular flexibility index (Phi) is 7.17. The van der Waals surface area contributed by atoms with Crippen molar-refractivity contribution in [2.24, 2.45) is 0 Å². The highest BCUT2D eigenvalue weighted by molar-refractivity contribution is 8.00. The summed E-state index contributed by atoms with van der Waals surface area (Å²) in [5.41, 5.74) is 1.84. The van der Waals surface area contributed by atoms with E-state index in [4.69, 9.17) is 5.73 Å². The zero-order valence-electron chi connectivity index (χ0n) is 10.9. The minimum Gasteiger partial charge on any atom is -0.399 e. The average molecular weight is 360 g/mol. The van der Waals surface area contributed by atoms with Gasteiger partial charge in [-0.15, -0.1) is 11.8 Å². The predicted octanol–water partition coefficient (Wildman–Crippen LogP) is 2.53. The van der Waals surface area contributed by atoms with Crippen molar-refractivity contribution in [3.63, 3.8) is 0 Å². The summed E-state index contributed by atoms with van der Waals surface area (Å²) >= 11 is 1.07. The molecule has 0 radical (unpaired) electrons. The molecule has 0 amide bonds. The monoisotopic (exact) mass is 360 g/mol. The number of nitrogen functional groups attached to an aromatic ring is 1. The van der Waals surface area contributed by atoms with E-state index in [1.165, 1.54) is 11.8 Å². The smallest absolute Gasteiger partial charge is 0.399 e. The molecule has 120 valence electrons. The van der Waals surface area contributed by atoms with Crippen molar-refractivity contribution in [2.45, 2.75) is 10.4 Å². The number of rotatable bonds is 8. The molecule has 10 heteroatoms. The number of hydrogen-bond donors (Lipinski definition) is 2. The van der Waals surface area contributed by atoms with Crippen molar-refractivity contribution in [3.05, 3.63) is 24.3 Å². The molecule has 0 spiro atoms. The zero-order valence-corrected chi connectivity index (χ0v) is 13.3. The van der Waals surface area contributed by atoms with E-state index in [0.29, 0.717) is 11.4 Å². The van der Waals surface area contributed by atoms with E-state index in [0.717, 1.165) is 4.90 Å². The number of hydrogen-bond acceptors (Lipinski definition) is 5. The number of nitrogens with one attached hydrogen (secondary N) is 1. The van der Waals surface area contributed by atoms with Gasteiger partial charge in [0.1, 0.15) is 0 Å². The second-order valence-electron chi connectivity index (χ2n) is 3.93. The molecule has 0 atom stereocenters. The second-order valence-corrected chi connectivity index (χ2v) is 8.18. The SMILES string of the molecule is Nc1cccc(SCCS(=O)(=O)NCCSC(F)(F)F)c1. The third-order valence-electron chi connectivity index (χ3n) is 2.17. The highest BCUT2D eigenvalue weighted by atomic mass is 32.2. The molecule has 0 unspecified atom stereocenters. The molecule has 0 saturated heterocycles. The van der Waals surface area contributed by atoms with E-state index in [2.05, 4.69) is 4.72 Å². The Morgan fingerprint density at radius 3 is 2.57 bits per heavy atom. The number of alkyl halides is 3. The van der Waals surface area contributed by atoms with Crippen LogP contribution in [0.25, 0.3) is 0 Å². The maximum atomic E-state index is 11.9. The molecule has 0 aromatic heterocycles. The number of benzene rings is 1. The lowest BCUT2D eigenvalue weighted by Gasteiger charge is -2.08. The molecule has 0 saturated carbocycles. The molecular formula is C11H15F3N2O2S3. The maximum absolute atomic E-state index is 11.9. The van der Waals surface area contributed by atoms with Crippen molar-refractivity contribution in [1.29, 1.82) is 0 Å². The third kappa shape index (κ3) is 9.12. The number of anilines is 1. The molecule has 21 heavy (non-hydrogen) atoms. The maximum Gasteiger partial charge on any atom is 0.441 e. The van der Waals surface area contributed by atoms with Gasteiger partial charge in [0.05, 0.1) is 5.75 Å². The minimum absolute atomic E-state index is 0.164. The number of nitrogens with two attached hydrogens (primary N) is 1. The highest BCUT2D eigenvalue weighted by Crippen LogP contribution is 2.29. The van der Waals surface area contributed by atoms with Crippen molar-refractivity contribution >= 4 is 39.2 Å². The van der Waals surface area contributed by atoms with Crippen LogP contribution >= 0.6 is 23.5 Å². The van der Waals surface area contributed by atoms with E-state index in [9.17, 15) is 21.6 Å². The Balaban J connectivity index is 2.27. The topological polar surface area (TPSA) is 72.2 Å². The third-order valence-corrected chi connectivity index (χ3v) is 5.54. The highest BCUT2D eigenvalue weighted by Gasteiger charge is 2.27. The standard InChI is InChI=1S/C11H15F3N2O2S3/c12-11(13,14)20-5-4-16-21(17,18)7-6-19-10-3-1-2-9(15)8-10/h1-3,8,16H,4-7,15H2. The molecule has 0 heterocycles. The minimum atomic E-state index is -4.34. The molecule has 4 nitrogen and oxygen atoms in total. The summed E-state index contributed by atoms with van der Waals surface area (Å²) < 4.78 is 60.9. The van der Waals surface area contributed by atoms with Crippen molar-refractivity contribution < 1.29 is 21.6 Å². The Morgan fingerprint density at radius 1 is 1.24 bits per heavy atom. The van der Waals surface area contributed by atoms with E-state index < -0.39 is 15.5 Å². The van der Waals surface area contributed by atoms with Crippen LogP contribution < -0.4 is 10.5 Å². The van der Waals surface area contributed by atoms with Crippen molar-refractivity contribution in [3.8, 4) is 0 Å². The Morgan fingerprint density at radius 2 is 1.95 bits per heavy atom. The first-order chi connectivity index (χ1) is 9.68. The van der Waals surface area contributed by atoms with Crippen molar-refractivity contribution in [2.75, 3.05) is 29.5 Å². The lowest BCUT2D eigenvalue weighted by Crippen LogP contribution is -2.29. The van der Waals surface area contributed by atoms with E-state index in [1.807, 2.05) is 0 Å². The largest absolute Gasteiger partial charge is 0.441 e. The summed E-state index contributed by atoms with van der Waals surface area (Å²) in [5, 5.41) is 0. The number of halogens is 3. The summed E-state index contributed by atoms with van der Waals surface area (Å²) in [5.74, 6) is -0.209. The molecule has 0 bridgehead atoms. The summed E-state index contributed by atoms with van der Waals surface area (Å²) in [6, 6.07) is 7.02. The quantitative estimate of drug-likeness (QED) is 0.423. The van der Waals surface area contributed by atoms with Gasteiger partial charge < -0.3 is 5.73 Å². The fourth-order valence-corrected chi connectivity index (χ4v) is 4.27. The molecule has 1 aromatic carbocycles. The average Bonchev–Trinajstić information content (AvgIpc) is 2.33. The van der Waals surface area contributed by atoms with Crippen LogP contribution in [0.4, 0.5) is 18.9 Å². The molecular weight excluding hydrogens is 345 g/mol. The molecule has 0 aliphatic heterocycles. The van der Waals surface area contributed by atoms with Crippen LogP contribution in [0, 0.1) is 0 Å². The predicted molar refractivity (Wildman–Crippen MR) is 81.9 cm³/mol. The lowest BCUT2D eigenvalue weighted by atomic mass is 10.3. The van der Waals surface area contributed by atoms with E-state index in [-0.39, 0.29) is 29.8 Å². The van der Waals surface area contributed by atoms with Gasteiger partial charge in [-0.25, -0.2) is 13.1 Å². The Bertz CT molecular complexity index is 550. The summed E-state index contributed by atoms with van der Waals surface area (Å²) in [6.45, 7) is -0.241. The Hall–Kier alpha value is -0.580. The van der Waals surface area contributed by atoms with Gasteiger partial charge in [0.15, 0.2) is 0 Å². The van der Waals surface area contributed by atoms with Gasteiger partial charge in [-0.1, -0.05) is 6.07 Å². The first kappa shape index (κ1) is 18.5. The Labute approximate surface area is 130 Å². The first-order valence-corrected chi connectivity index (χ1v) is 9.47. The molecule has 0 fully saturated rings. The summed E-state index contributed by atoms with van der Waals surface area (Å²) in [4.78, 5) is 0.845. The van der Waals surface area contributed by atoms with Gasteiger partial charge >= 0.3 is 5.51 Å². The molecule has 1 aromatic rings. The van der Waals surface area contributed by atoms with Gasteiger partial charge in [0.25, 0.3) is 0 Å². The molecule has 1 rings (SSSR count). The van der Waals surface area contributed by atoms with Gasteiger partial charge in [-0.3, -0.25) is 0 Å². The van der Waals surface area contributed by atoms with Gasteiger partial charge in [0.2, 0.25) is 10.0 Å². The summed E-state index contributed by atoms with van der Waals surface area (Å²) in [7, 11) is -3.56. The zero-order chi connectivity index (χ0) is 15.9. The van der Waals surface area contributed by atoms with Gasteiger partial charge in [-0.2, -0.15) is 13.2 Å². The van der Waals surface area contributed by atoms with Crippen LogP contribution in [0.2, 0.25) is 0 Å². The van der Waals surface area contributed by atoms with Crippen LogP contribution in [-0.2, 0) is 10.0 Å². The van der Waals surface area contributed by atoms with E-state index >= 15 is 0 Å². The van der Waals surface area contributed by atoms with Crippen molar-refractivity contribution in [1.82, 2.24) is 4.72 Å². The first-order valence-electron chi connectivity index (χ1n) is 5.84. The molecule has 0 aliphatic rings. The summed E-state index contributed by atoms with van der Waals surface area (Å²) in [6.07, 6.45) is 0. The van der Waals surface area contributed by atoms with Crippen LogP contribution in [0.3, 0.4) is 0 Å². The van der Waals surface area contributed by atoms with Gasteiger partial charge in [0, 0.05) is 28.6 Å². The number of thioether (sulfide) groups is 2. The van der Waals surface area contributed by atoms with Crippen LogP contribution in [-0.4, -0.2) is 37.7 Å². The fourth-order valence-electron chi connectivity index (χ4n) is 1.31. The molecule has 0 aliphatic carbocycles. The van der Waals surface area contributed by atoms with Gasteiger partial charge in [-0.05, 0) is 30.0 Å². The van der Waals surface area contributed by atoms with Crippen LogP contribution in [0.15, 0.2) is 29.2 Å².